The van der Waals surface area contributed by atoms with Crippen LogP contribution in [-0.4, -0.2) is 62.1 Å². The van der Waals surface area contributed by atoms with Gasteiger partial charge >= 0.3 is 0 Å². The highest BCUT2D eigenvalue weighted by molar-refractivity contribution is 5.94. The Kier molecular flexibility index (Phi) is 11.7. The monoisotopic (exact) mass is 434 g/mol. The number of ether oxygens (including phenoxy) is 4. The van der Waals surface area contributed by atoms with Crippen LogP contribution in [0.25, 0.3) is 10.8 Å². The summed E-state index contributed by atoms with van der Waals surface area (Å²) in [6, 6.07) is 9.73. The van der Waals surface area contributed by atoms with Crippen molar-refractivity contribution in [1.29, 1.82) is 0 Å². The van der Waals surface area contributed by atoms with Gasteiger partial charge in [-0.3, -0.25) is 0 Å². The quantitative estimate of drug-likeness (QED) is 0.385. The van der Waals surface area contributed by atoms with Crippen LogP contribution in [-0.2, 0) is 9.47 Å². The minimum absolute atomic E-state index is 0.156. The number of benzene rings is 2. The second-order valence-corrected chi connectivity index (χ2v) is 7.85. The number of fused-ring (bicyclic) bond motifs is 1. The lowest BCUT2D eigenvalue weighted by Gasteiger charge is -2.19. The second kappa shape index (κ2) is 14.2. The molecule has 0 fully saturated rings. The SMILES string of the molecule is CCCCOCC(O)COc1cc(C)c(OCC(O)COCCCC)c2ccccc12. The fourth-order valence-electron chi connectivity index (χ4n) is 3.15. The molecule has 6 nitrogen and oxygen atoms in total. The minimum atomic E-state index is -0.686. The summed E-state index contributed by atoms with van der Waals surface area (Å²) >= 11 is 0. The molecule has 0 bridgehead atoms. The van der Waals surface area contributed by atoms with Gasteiger partial charge in [-0.2, -0.15) is 0 Å². The van der Waals surface area contributed by atoms with Crippen LogP contribution >= 0.6 is 0 Å². The van der Waals surface area contributed by atoms with Crippen molar-refractivity contribution in [1.82, 2.24) is 0 Å². The van der Waals surface area contributed by atoms with E-state index in [2.05, 4.69) is 13.8 Å². The van der Waals surface area contributed by atoms with Crippen LogP contribution in [0.5, 0.6) is 11.5 Å². The maximum atomic E-state index is 10.2. The van der Waals surface area contributed by atoms with Crippen molar-refractivity contribution < 1.29 is 29.2 Å². The summed E-state index contributed by atoms with van der Waals surface area (Å²) < 4.78 is 22.8. The molecule has 0 saturated heterocycles. The smallest absolute Gasteiger partial charge is 0.130 e. The summed E-state index contributed by atoms with van der Waals surface area (Å²) in [4.78, 5) is 0. The van der Waals surface area contributed by atoms with Crippen LogP contribution in [0.15, 0.2) is 30.3 Å². The second-order valence-electron chi connectivity index (χ2n) is 7.85. The molecule has 2 aromatic carbocycles. The zero-order valence-electron chi connectivity index (χ0n) is 19.1. The van der Waals surface area contributed by atoms with E-state index in [9.17, 15) is 10.2 Å². The normalized spacial score (nSPS) is 13.3. The molecule has 0 aliphatic heterocycles. The van der Waals surface area contributed by atoms with Crippen LogP contribution in [0.1, 0.15) is 45.1 Å². The Hall–Kier alpha value is -1.86. The fourth-order valence-corrected chi connectivity index (χ4v) is 3.15. The molecule has 2 unspecified atom stereocenters. The van der Waals surface area contributed by atoms with Gasteiger partial charge in [-0.15, -0.1) is 0 Å². The third kappa shape index (κ3) is 8.65. The van der Waals surface area contributed by atoms with Gasteiger partial charge in [0.1, 0.15) is 36.9 Å². The number of aliphatic hydroxyl groups excluding tert-OH is 2. The summed E-state index contributed by atoms with van der Waals surface area (Å²) in [5.41, 5.74) is 0.904. The van der Waals surface area contributed by atoms with E-state index < -0.39 is 12.2 Å². The van der Waals surface area contributed by atoms with Gasteiger partial charge in [-0.05, 0) is 31.4 Å². The third-order valence-electron chi connectivity index (χ3n) is 4.90. The van der Waals surface area contributed by atoms with E-state index in [-0.39, 0.29) is 26.4 Å². The van der Waals surface area contributed by atoms with E-state index in [1.165, 1.54) is 0 Å². The Balaban J connectivity index is 1.99. The van der Waals surface area contributed by atoms with Crippen molar-refractivity contribution in [3.63, 3.8) is 0 Å². The highest BCUT2D eigenvalue weighted by Crippen LogP contribution is 2.36. The molecule has 0 spiro atoms. The van der Waals surface area contributed by atoms with Crippen molar-refractivity contribution in [2.75, 3.05) is 39.6 Å². The van der Waals surface area contributed by atoms with Crippen molar-refractivity contribution in [3.05, 3.63) is 35.9 Å². The fraction of sp³-hybridized carbons (Fsp3) is 0.600. The van der Waals surface area contributed by atoms with E-state index in [0.717, 1.165) is 47.8 Å². The van der Waals surface area contributed by atoms with Crippen molar-refractivity contribution in [2.24, 2.45) is 0 Å². The van der Waals surface area contributed by atoms with Gasteiger partial charge in [0.25, 0.3) is 0 Å². The lowest BCUT2D eigenvalue weighted by atomic mass is 10.0. The number of aliphatic hydroxyl groups is 2. The van der Waals surface area contributed by atoms with Gasteiger partial charge in [-0.1, -0.05) is 51.0 Å². The lowest BCUT2D eigenvalue weighted by molar-refractivity contribution is 0.0109. The summed E-state index contributed by atoms with van der Waals surface area (Å²) in [6.07, 6.45) is 2.73. The van der Waals surface area contributed by atoms with Crippen LogP contribution in [0.2, 0.25) is 0 Å². The molecule has 0 amide bonds. The van der Waals surface area contributed by atoms with E-state index >= 15 is 0 Å². The maximum Gasteiger partial charge on any atom is 0.130 e. The highest BCUT2D eigenvalue weighted by atomic mass is 16.5. The molecule has 2 aromatic rings. The third-order valence-corrected chi connectivity index (χ3v) is 4.90. The Labute approximate surface area is 186 Å². The average molecular weight is 435 g/mol. The van der Waals surface area contributed by atoms with E-state index in [0.29, 0.717) is 19.0 Å². The molecule has 2 rings (SSSR count). The van der Waals surface area contributed by atoms with Crippen LogP contribution in [0, 0.1) is 6.92 Å². The Morgan fingerprint density at radius 3 is 1.90 bits per heavy atom. The first-order valence-corrected chi connectivity index (χ1v) is 11.4. The molecule has 0 saturated carbocycles. The predicted octanol–water partition coefficient (Wildman–Crippen LogP) is 4.26. The van der Waals surface area contributed by atoms with Gasteiger partial charge in [0, 0.05) is 24.0 Å². The predicted molar refractivity (Wildman–Crippen MR) is 123 cm³/mol. The topological polar surface area (TPSA) is 77.4 Å². The zero-order valence-corrected chi connectivity index (χ0v) is 19.1. The number of hydrogen-bond acceptors (Lipinski definition) is 6. The Bertz CT molecular complexity index is 763. The maximum absolute atomic E-state index is 10.2. The molecule has 0 radical (unpaired) electrons. The molecule has 2 N–H and O–H groups in total. The van der Waals surface area contributed by atoms with Gasteiger partial charge in [-0.25, -0.2) is 0 Å². The van der Waals surface area contributed by atoms with Gasteiger partial charge in [0.15, 0.2) is 0 Å². The van der Waals surface area contributed by atoms with E-state index in [1.807, 2.05) is 37.3 Å². The van der Waals surface area contributed by atoms with Crippen LogP contribution in [0.3, 0.4) is 0 Å². The summed E-state index contributed by atoms with van der Waals surface area (Å²) in [5, 5.41) is 22.1. The molecule has 2 atom stereocenters. The Morgan fingerprint density at radius 1 is 0.774 bits per heavy atom. The van der Waals surface area contributed by atoms with E-state index in [1.54, 1.807) is 0 Å². The molecule has 174 valence electrons. The minimum Gasteiger partial charge on any atom is -0.490 e. The van der Waals surface area contributed by atoms with Crippen molar-refractivity contribution >= 4 is 10.8 Å². The van der Waals surface area contributed by atoms with Gasteiger partial charge in [0.2, 0.25) is 0 Å². The van der Waals surface area contributed by atoms with Crippen LogP contribution in [0.4, 0.5) is 0 Å². The first-order valence-electron chi connectivity index (χ1n) is 11.4. The lowest BCUT2D eigenvalue weighted by Crippen LogP contribution is -2.24. The molecule has 31 heavy (non-hydrogen) atoms. The molecule has 0 aliphatic carbocycles. The van der Waals surface area contributed by atoms with E-state index in [4.69, 9.17) is 18.9 Å². The van der Waals surface area contributed by atoms with Crippen molar-refractivity contribution in [2.45, 2.75) is 58.7 Å². The highest BCUT2D eigenvalue weighted by Gasteiger charge is 2.15. The molecular formula is C25H38O6. The molecule has 0 aromatic heterocycles. The summed E-state index contributed by atoms with van der Waals surface area (Å²) in [7, 11) is 0. The van der Waals surface area contributed by atoms with Crippen LogP contribution < -0.4 is 9.47 Å². The standard InChI is InChI=1S/C25H38O6/c1-4-6-12-28-15-20(26)17-30-24-14-19(3)25(23-11-9-8-10-22(23)24)31-18-21(27)16-29-13-7-5-2/h8-11,14,20-21,26-27H,4-7,12-13,15-18H2,1-3H3. The number of rotatable bonds is 16. The van der Waals surface area contributed by atoms with Gasteiger partial charge in [0.05, 0.1) is 13.2 Å². The first-order chi connectivity index (χ1) is 15.1. The number of unbranched alkanes of at least 4 members (excludes halogenated alkanes) is 2. The summed E-state index contributed by atoms with van der Waals surface area (Å²) in [6.45, 7) is 8.29. The zero-order chi connectivity index (χ0) is 22.5. The molecule has 0 heterocycles. The molecule has 0 aliphatic rings. The molecule has 6 heteroatoms. The summed E-state index contributed by atoms with van der Waals surface area (Å²) in [5.74, 6) is 1.41. The van der Waals surface area contributed by atoms with Gasteiger partial charge < -0.3 is 29.2 Å². The van der Waals surface area contributed by atoms with Crippen molar-refractivity contribution in [3.8, 4) is 11.5 Å². The first kappa shape index (κ1) is 25.4. The molecular weight excluding hydrogens is 396 g/mol. The average Bonchev–Trinajstić information content (AvgIpc) is 2.77. The number of hydrogen-bond donors (Lipinski definition) is 2. The number of aryl methyl sites for hydroxylation is 1. The Morgan fingerprint density at radius 2 is 1.32 bits per heavy atom. The largest absolute Gasteiger partial charge is 0.490 e.